The molecule has 0 atom stereocenters. The maximum absolute atomic E-state index is 13.2. The molecule has 78 valence electrons. The molecule has 0 aliphatic carbocycles. The summed E-state index contributed by atoms with van der Waals surface area (Å²) in [5.74, 6) is 0.417. The van der Waals surface area contributed by atoms with E-state index in [2.05, 4.69) is 5.92 Å². The second-order valence-electron chi connectivity index (χ2n) is 3.21. The van der Waals surface area contributed by atoms with Gasteiger partial charge in [-0.1, -0.05) is 0 Å². The maximum atomic E-state index is 13.2. The second-order valence-corrected chi connectivity index (χ2v) is 3.21. The first-order valence-corrected chi connectivity index (χ1v) is 4.48. The Morgan fingerprint density at radius 2 is 2.07 bits per heavy atom. The molecule has 1 aromatic carbocycles. The van der Waals surface area contributed by atoms with Gasteiger partial charge in [-0.15, -0.1) is 12.3 Å². The molecule has 0 saturated heterocycles. The predicted molar refractivity (Wildman–Crippen MR) is 53.5 cm³/mol. The number of aryl methyl sites for hydroxylation is 1. The zero-order chi connectivity index (χ0) is 11.4. The van der Waals surface area contributed by atoms with Crippen molar-refractivity contribution in [2.75, 3.05) is 0 Å². The Bertz CT molecular complexity index is 430. The molecule has 0 fully saturated rings. The molecule has 0 aliphatic rings. The van der Waals surface area contributed by atoms with Crippen molar-refractivity contribution in [3.8, 4) is 12.3 Å². The average Bonchev–Trinajstić information content (AvgIpc) is 2.20. The Balaban J connectivity index is 3.00. The first-order valence-electron chi connectivity index (χ1n) is 4.48. The summed E-state index contributed by atoms with van der Waals surface area (Å²) < 4.78 is 26.1. The number of benzene rings is 1. The molecule has 0 saturated carbocycles. The third kappa shape index (κ3) is 2.63. The van der Waals surface area contributed by atoms with Crippen LogP contribution in [0.25, 0.3) is 0 Å². The van der Waals surface area contributed by atoms with Crippen LogP contribution in [0.2, 0.25) is 0 Å². The van der Waals surface area contributed by atoms with Gasteiger partial charge in [0.1, 0.15) is 11.6 Å². The van der Waals surface area contributed by atoms with Crippen LogP contribution in [0.1, 0.15) is 28.8 Å². The fraction of sp³-hybridized carbons (Fsp3) is 0.250. The van der Waals surface area contributed by atoms with Crippen LogP contribution in [-0.4, -0.2) is 5.78 Å². The van der Waals surface area contributed by atoms with Gasteiger partial charge in [0.25, 0.3) is 0 Å². The highest BCUT2D eigenvalue weighted by atomic mass is 19.1. The molecule has 0 amide bonds. The fourth-order valence-corrected chi connectivity index (χ4v) is 1.19. The highest BCUT2D eigenvalue weighted by molar-refractivity contribution is 5.96. The Labute approximate surface area is 87.1 Å². The van der Waals surface area contributed by atoms with Gasteiger partial charge in [-0.2, -0.15) is 0 Å². The lowest BCUT2D eigenvalue weighted by molar-refractivity contribution is 0.0980. The first kappa shape index (κ1) is 11.4. The van der Waals surface area contributed by atoms with E-state index < -0.39 is 17.4 Å². The largest absolute Gasteiger partial charge is 0.294 e. The molecule has 0 radical (unpaired) electrons. The molecule has 0 spiro atoms. The van der Waals surface area contributed by atoms with Crippen molar-refractivity contribution in [1.29, 1.82) is 0 Å². The molecule has 1 rings (SSSR count). The monoisotopic (exact) mass is 208 g/mol. The van der Waals surface area contributed by atoms with E-state index >= 15 is 0 Å². The van der Waals surface area contributed by atoms with Crippen LogP contribution in [0.3, 0.4) is 0 Å². The summed E-state index contributed by atoms with van der Waals surface area (Å²) in [6.45, 7) is 1.48. The van der Waals surface area contributed by atoms with E-state index in [1.54, 1.807) is 0 Å². The van der Waals surface area contributed by atoms with Crippen molar-refractivity contribution < 1.29 is 13.6 Å². The lowest BCUT2D eigenvalue weighted by Gasteiger charge is -2.03. The molecule has 0 N–H and O–H groups in total. The number of rotatable bonds is 3. The minimum atomic E-state index is -0.833. The van der Waals surface area contributed by atoms with Gasteiger partial charge in [0.15, 0.2) is 5.78 Å². The van der Waals surface area contributed by atoms with Gasteiger partial charge < -0.3 is 0 Å². The smallest absolute Gasteiger partial charge is 0.166 e. The molecule has 15 heavy (non-hydrogen) atoms. The Morgan fingerprint density at radius 1 is 1.40 bits per heavy atom. The van der Waals surface area contributed by atoms with Gasteiger partial charge in [-0.05, 0) is 18.6 Å². The minimum absolute atomic E-state index is 0.0818. The summed E-state index contributed by atoms with van der Waals surface area (Å²) in [6, 6.07) is 1.93. The molecule has 0 aromatic heterocycles. The normalized spacial score (nSPS) is 9.73. The van der Waals surface area contributed by atoms with Crippen molar-refractivity contribution in [1.82, 2.24) is 0 Å². The van der Waals surface area contributed by atoms with Gasteiger partial charge in [-0.25, -0.2) is 8.78 Å². The number of terminal acetylenes is 1. The summed E-state index contributed by atoms with van der Waals surface area (Å²) >= 11 is 0. The molecule has 0 bridgehead atoms. The lowest BCUT2D eigenvalue weighted by Crippen LogP contribution is -2.03. The zero-order valence-electron chi connectivity index (χ0n) is 8.31. The summed E-state index contributed by atoms with van der Waals surface area (Å²) in [7, 11) is 0. The van der Waals surface area contributed by atoms with Gasteiger partial charge in [0.2, 0.25) is 0 Å². The summed E-state index contributed by atoms with van der Waals surface area (Å²) in [5, 5.41) is 0. The highest BCUT2D eigenvalue weighted by Gasteiger charge is 2.13. The average molecular weight is 208 g/mol. The molecular formula is C12H10F2O. The molecule has 0 unspecified atom stereocenters. The van der Waals surface area contributed by atoms with E-state index in [0.29, 0.717) is 0 Å². The maximum Gasteiger partial charge on any atom is 0.166 e. The molecule has 1 aromatic rings. The molecule has 3 heteroatoms. The number of hydrogen-bond acceptors (Lipinski definition) is 1. The van der Waals surface area contributed by atoms with Crippen LogP contribution >= 0.6 is 0 Å². The topological polar surface area (TPSA) is 17.1 Å². The number of carbonyl (C=O) groups is 1. The second kappa shape index (κ2) is 4.70. The van der Waals surface area contributed by atoms with Gasteiger partial charge in [0, 0.05) is 18.9 Å². The predicted octanol–water partition coefficient (Wildman–Crippen LogP) is 2.87. The number of carbonyl (C=O) groups excluding carboxylic acids is 1. The quantitative estimate of drug-likeness (QED) is 0.551. The summed E-state index contributed by atoms with van der Waals surface area (Å²) in [4.78, 5) is 11.4. The standard InChI is InChI=1S/C12H10F2O/c1-3-4-5-12(15)9-6-8(2)10(13)7-11(9)14/h1,6-7H,4-5H2,2H3. The SMILES string of the molecule is C#CCCC(=O)c1cc(C)c(F)cc1F. The number of Topliss-reactive ketones (excluding diaryl/α,β-unsaturated/α-hetero) is 1. The third-order valence-corrected chi connectivity index (χ3v) is 2.05. The summed E-state index contributed by atoms with van der Waals surface area (Å²) in [6.07, 6.45) is 5.33. The molecule has 1 nitrogen and oxygen atoms in total. The Hall–Kier alpha value is -1.69. The third-order valence-electron chi connectivity index (χ3n) is 2.05. The molecule has 0 heterocycles. The van der Waals surface area contributed by atoms with Crippen LogP contribution in [0.5, 0.6) is 0 Å². The first-order chi connectivity index (χ1) is 7.06. The number of ketones is 1. The fourth-order valence-electron chi connectivity index (χ4n) is 1.19. The van der Waals surface area contributed by atoms with Gasteiger partial charge in [0.05, 0.1) is 5.56 Å². The lowest BCUT2D eigenvalue weighted by atomic mass is 10.0. The van der Waals surface area contributed by atoms with E-state index in [1.807, 2.05) is 0 Å². The van der Waals surface area contributed by atoms with Crippen LogP contribution in [0, 0.1) is 30.9 Å². The van der Waals surface area contributed by atoms with Crippen molar-refractivity contribution in [3.63, 3.8) is 0 Å². The molecule has 0 aliphatic heterocycles. The van der Waals surface area contributed by atoms with E-state index in [9.17, 15) is 13.6 Å². The Kier molecular flexibility index (Phi) is 3.56. The van der Waals surface area contributed by atoms with Gasteiger partial charge in [-0.3, -0.25) is 4.79 Å². The van der Waals surface area contributed by atoms with E-state index in [0.717, 1.165) is 6.07 Å². The van der Waals surface area contributed by atoms with Crippen LogP contribution in [0.15, 0.2) is 12.1 Å². The van der Waals surface area contributed by atoms with E-state index in [1.165, 1.54) is 13.0 Å². The van der Waals surface area contributed by atoms with Crippen molar-refractivity contribution in [3.05, 3.63) is 34.9 Å². The molecular weight excluding hydrogens is 198 g/mol. The zero-order valence-corrected chi connectivity index (χ0v) is 8.31. The van der Waals surface area contributed by atoms with E-state index in [4.69, 9.17) is 6.42 Å². The van der Waals surface area contributed by atoms with Gasteiger partial charge >= 0.3 is 0 Å². The minimum Gasteiger partial charge on any atom is -0.294 e. The summed E-state index contributed by atoms with van der Waals surface area (Å²) in [5.41, 5.74) is 0.157. The van der Waals surface area contributed by atoms with Crippen LogP contribution < -0.4 is 0 Å². The highest BCUT2D eigenvalue weighted by Crippen LogP contribution is 2.16. The Morgan fingerprint density at radius 3 is 2.67 bits per heavy atom. The van der Waals surface area contributed by atoms with E-state index in [-0.39, 0.29) is 24.0 Å². The van der Waals surface area contributed by atoms with Crippen molar-refractivity contribution in [2.45, 2.75) is 19.8 Å². The van der Waals surface area contributed by atoms with Crippen molar-refractivity contribution >= 4 is 5.78 Å². The van der Waals surface area contributed by atoms with Crippen LogP contribution in [-0.2, 0) is 0 Å². The van der Waals surface area contributed by atoms with Crippen LogP contribution in [0.4, 0.5) is 8.78 Å². The number of hydrogen-bond donors (Lipinski definition) is 0. The number of halogens is 2. The van der Waals surface area contributed by atoms with Crippen molar-refractivity contribution in [2.24, 2.45) is 0 Å².